The summed E-state index contributed by atoms with van der Waals surface area (Å²) in [4.78, 5) is 24.7. The summed E-state index contributed by atoms with van der Waals surface area (Å²) in [5.74, 6) is -4.59. The van der Waals surface area contributed by atoms with Crippen molar-refractivity contribution in [3.63, 3.8) is 0 Å². The molecule has 0 bridgehead atoms. The Morgan fingerprint density at radius 1 is 0.809 bits per heavy atom. The summed E-state index contributed by atoms with van der Waals surface area (Å²) in [7, 11) is 0. The lowest BCUT2D eigenvalue weighted by molar-refractivity contribution is -0.318. The number of hydrogen-bond acceptors (Lipinski definition) is 17. The van der Waals surface area contributed by atoms with Crippen molar-refractivity contribution in [2.75, 3.05) is 13.2 Å². The van der Waals surface area contributed by atoms with Gasteiger partial charge in [-0.05, 0) is 25.1 Å². The molecule has 0 aliphatic carbocycles. The predicted molar refractivity (Wildman–Crippen MR) is 152 cm³/mol. The number of rotatable bonds is 9. The molecule has 2 aliphatic heterocycles. The molecule has 47 heavy (non-hydrogen) atoms. The van der Waals surface area contributed by atoms with E-state index in [2.05, 4.69) is 0 Å². The SMILES string of the molecule is C[C@@H]1O[C@@H](OC[C@H]2O[C@@H](Oc3c(-c4ccc(O)c(O)c4)oc4cc(OCC(=O)O)cc(O)c4c3=O)[C@H](O)[C@@H](O)[C@@H]2O)[C@H](O)[C@H](O)[C@H]1O. The highest BCUT2D eigenvalue weighted by molar-refractivity contribution is 5.88. The number of phenolic OH excluding ortho intramolecular Hbond substituents is 3. The lowest BCUT2D eigenvalue weighted by Crippen LogP contribution is -2.61. The Kier molecular flexibility index (Phi) is 9.78. The van der Waals surface area contributed by atoms with E-state index in [1.165, 1.54) is 13.0 Å². The second-order valence-corrected chi connectivity index (χ2v) is 10.9. The fraction of sp³-hybridized carbons (Fsp3) is 0.448. The normalized spacial score (nSPS) is 31.0. The van der Waals surface area contributed by atoms with Crippen LogP contribution >= 0.6 is 0 Å². The zero-order valence-electron chi connectivity index (χ0n) is 24.3. The monoisotopic (exact) mass is 668 g/mol. The molecule has 18 heteroatoms. The van der Waals surface area contributed by atoms with Crippen LogP contribution in [0.15, 0.2) is 39.5 Å². The Labute approximate surface area is 263 Å². The number of aliphatic carboxylic acids is 1. The van der Waals surface area contributed by atoms with Crippen LogP contribution in [0.5, 0.6) is 28.7 Å². The fourth-order valence-electron chi connectivity index (χ4n) is 5.06. The van der Waals surface area contributed by atoms with Crippen molar-refractivity contribution >= 4 is 16.9 Å². The second-order valence-electron chi connectivity index (χ2n) is 10.9. The smallest absolute Gasteiger partial charge is 0.341 e. The van der Waals surface area contributed by atoms with Gasteiger partial charge in [-0.3, -0.25) is 4.79 Å². The summed E-state index contributed by atoms with van der Waals surface area (Å²) in [5.41, 5.74) is -1.47. The van der Waals surface area contributed by atoms with Gasteiger partial charge in [-0.15, -0.1) is 0 Å². The predicted octanol–water partition coefficient (Wildman–Crippen LogP) is -1.93. The van der Waals surface area contributed by atoms with E-state index in [1.807, 2.05) is 0 Å². The van der Waals surface area contributed by atoms with Crippen LogP contribution in [0, 0.1) is 0 Å². The van der Waals surface area contributed by atoms with Crippen molar-refractivity contribution in [3.8, 4) is 40.1 Å². The number of carboxylic acid groups (broad SMARTS) is 1. The van der Waals surface area contributed by atoms with Gasteiger partial charge in [0.05, 0.1) is 12.7 Å². The lowest BCUT2D eigenvalue weighted by Gasteiger charge is -2.42. The third-order valence-electron chi connectivity index (χ3n) is 7.64. The largest absolute Gasteiger partial charge is 0.507 e. The molecule has 0 amide bonds. The van der Waals surface area contributed by atoms with Crippen molar-refractivity contribution < 1.29 is 84.0 Å². The van der Waals surface area contributed by atoms with Crippen LogP contribution < -0.4 is 14.9 Å². The third kappa shape index (κ3) is 6.77. The van der Waals surface area contributed by atoms with Crippen molar-refractivity contribution in [2.45, 2.75) is 68.3 Å². The first-order valence-corrected chi connectivity index (χ1v) is 14.1. The minimum Gasteiger partial charge on any atom is -0.507 e. The van der Waals surface area contributed by atoms with Crippen molar-refractivity contribution in [2.24, 2.45) is 0 Å². The molecule has 0 radical (unpaired) electrons. The number of hydrogen-bond donors (Lipinski definition) is 10. The number of phenols is 3. The average Bonchev–Trinajstić information content (AvgIpc) is 3.02. The standard InChI is InChI=1S/C29H32O18/c1-9-19(35)22(38)24(40)28(44-9)43-7-16-20(36)23(39)25(41)29(46-16)47-27-21(37)18-14(32)5-11(42-8-17(33)34)6-15(18)45-26(27)10-2-3-12(30)13(31)4-10/h2-6,9,16,19-20,22-25,28-32,35-36,38-41H,7-8H2,1H3,(H,33,34)/t9-,16+,19-,20+,22+,23-,24+,25+,28+,29-/m0/s1. The van der Waals surface area contributed by atoms with Gasteiger partial charge in [-0.25, -0.2) is 4.79 Å². The van der Waals surface area contributed by atoms with Gasteiger partial charge < -0.3 is 79.2 Å². The van der Waals surface area contributed by atoms with Crippen LogP contribution in [0.1, 0.15) is 6.92 Å². The third-order valence-corrected chi connectivity index (χ3v) is 7.64. The van der Waals surface area contributed by atoms with Gasteiger partial charge in [-0.2, -0.15) is 0 Å². The Morgan fingerprint density at radius 3 is 2.17 bits per heavy atom. The molecule has 0 saturated carbocycles. The number of aliphatic hydroxyl groups is 6. The molecule has 0 unspecified atom stereocenters. The maximum Gasteiger partial charge on any atom is 0.341 e. The van der Waals surface area contributed by atoms with Crippen molar-refractivity contribution in [1.29, 1.82) is 0 Å². The molecule has 5 rings (SSSR count). The zero-order chi connectivity index (χ0) is 34.3. The number of aliphatic hydroxyl groups excluding tert-OH is 6. The first-order valence-electron chi connectivity index (χ1n) is 14.1. The van der Waals surface area contributed by atoms with Crippen LogP contribution in [0.3, 0.4) is 0 Å². The Bertz CT molecular complexity index is 1670. The Morgan fingerprint density at radius 2 is 1.49 bits per heavy atom. The van der Waals surface area contributed by atoms with Gasteiger partial charge in [0.15, 0.2) is 30.2 Å². The molecule has 3 heterocycles. The summed E-state index contributed by atoms with van der Waals surface area (Å²) in [6.07, 6.45) is -16.4. The number of aromatic hydroxyl groups is 3. The average molecular weight is 669 g/mol. The highest BCUT2D eigenvalue weighted by Gasteiger charge is 2.48. The van der Waals surface area contributed by atoms with Crippen LogP contribution in [-0.2, 0) is 19.0 Å². The van der Waals surface area contributed by atoms with E-state index in [9.17, 15) is 55.5 Å². The second kappa shape index (κ2) is 13.5. The fourth-order valence-corrected chi connectivity index (χ4v) is 5.06. The van der Waals surface area contributed by atoms with Gasteiger partial charge in [-0.1, -0.05) is 0 Å². The highest BCUT2D eigenvalue weighted by atomic mass is 16.7. The van der Waals surface area contributed by atoms with Gasteiger partial charge in [0.25, 0.3) is 0 Å². The summed E-state index contributed by atoms with van der Waals surface area (Å²) in [6, 6.07) is 5.31. The molecule has 2 saturated heterocycles. The molecule has 18 nitrogen and oxygen atoms in total. The van der Waals surface area contributed by atoms with Crippen LogP contribution in [0.2, 0.25) is 0 Å². The van der Waals surface area contributed by atoms with E-state index in [1.54, 1.807) is 0 Å². The van der Waals surface area contributed by atoms with E-state index in [0.29, 0.717) is 0 Å². The lowest BCUT2D eigenvalue weighted by atomic mass is 9.98. The molecule has 10 N–H and O–H groups in total. The topological polar surface area (TPSA) is 296 Å². The minimum absolute atomic E-state index is 0.0743. The molecule has 2 aliphatic rings. The molecule has 256 valence electrons. The van der Waals surface area contributed by atoms with E-state index >= 15 is 0 Å². The maximum absolute atomic E-state index is 13.8. The Hall–Kier alpha value is -4.24. The minimum atomic E-state index is -2.01. The quantitative estimate of drug-likeness (QED) is 0.111. The molecule has 10 atom stereocenters. The number of carbonyl (C=O) groups is 1. The van der Waals surface area contributed by atoms with E-state index in [0.717, 1.165) is 24.3 Å². The molecule has 3 aromatic rings. The summed E-state index contributed by atoms with van der Waals surface area (Å²) >= 11 is 0. The molecule has 1 aromatic heterocycles. The van der Waals surface area contributed by atoms with Crippen molar-refractivity contribution in [1.82, 2.24) is 0 Å². The first-order chi connectivity index (χ1) is 22.2. The zero-order valence-corrected chi connectivity index (χ0v) is 24.3. The molecule has 0 spiro atoms. The van der Waals surface area contributed by atoms with E-state index in [4.69, 9.17) is 33.2 Å². The summed E-state index contributed by atoms with van der Waals surface area (Å²) in [5, 5.41) is 101. The number of benzene rings is 2. The molecule has 2 aromatic carbocycles. The number of fused-ring (bicyclic) bond motifs is 1. The van der Waals surface area contributed by atoms with Crippen molar-refractivity contribution in [3.05, 3.63) is 40.6 Å². The number of ether oxygens (including phenoxy) is 5. The Balaban J connectivity index is 1.50. The maximum atomic E-state index is 13.8. The van der Waals surface area contributed by atoms with Gasteiger partial charge in [0.2, 0.25) is 17.5 Å². The van der Waals surface area contributed by atoms with E-state index in [-0.39, 0.29) is 16.9 Å². The molecular formula is C29H32O18. The van der Waals surface area contributed by atoms with Crippen LogP contribution in [-0.4, -0.2) is 132 Å². The van der Waals surface area contributed by atoms with E-state index < -0.39 is 120 Å². The van der Waals surface area contributed by atoms with Crippen LogP contribution in [0.4, 0.5) is 0 Å². The van der Waals surface area contributed by atoms with Gasteiger partial charge >= 0.3 is 5.97 Å². The summed E-state index contributed by atoms with van der Waals surface area (Å²) in [6.45, 7) is -0.0142. The number of carboxylic acids is 1. The van der Waals surface area contributed by atoms with Gasteiger partial charge in [0.1, 0.15) is 65.2 Å². The van der Waals surface area contributed by atoms with Crippen LogP contribution in [0.25, 0.3) is 22.3 Å². The summed E-state index contributed by atoms with van der Waals surface area (Å²) < 4.78 is 33.0. The highest BCUT2D eigenvalue weighted by Crippen LogP contribution is 2.39. The first kappa shape index (κ1) is 34.1. The molecular weight excluding hydrogens is 636 g/mol. The van der Waals surface area contributed by atoms with Gasteiger partial charge in [0, 0.05) is 17.7 Å². The molecule has 2 fully saturated rings.